The van der Waals surface area contributed by atoms with Gasteiger partial charge < -0.3 is 10.5 Å². The molecule has 0 radical (unpaired) electrons. The number of halogens is 4. The molecule has 1 rings (SSSR count). The van der Waals surface area contributed by atoms with Crippen molar-refractivity contribution in [1.29, 1.82) is 0 Å². The van der Waals surface area contributed by atoms with Crippen molar-refractivity contribution >= 4 is 0 Å². The van der Waals surface area contributed by atoms with Gasteiger partial charge in [0.25, 0.3) is 0 Å². The van der Waals surface area contributed by atoms with Gasteiger partial charge in [0.1, 0.15) is 11.6 Å². The third-order valence-electron chi connectivity index (χ3n) is 2.02. The predicted octanol–water partition coefficient (Wildman–Crippen LogP) is 2.66. The molecule has 0 atom stereocenters. The monoisotopic (exact) mass is 251 g/mol. The van der Waals surface area contributed by atoms with Crippen molar-refractivity contribution in [2.75, 3.05) is 13.2 Å². The van der Waals surface area contributed by atoms with Gasteiger partial charge >= 0.3 is 6.18 Å². The quantitative estimate of drug-likeness (QED) is 0.816. The summed E-state index contributed by atoms with van der Waals surface area (Å²) in [6.45, 7) is -0.180. The van der Waals surface area contributed by atoms with Crippen molar-refractivity contribution in [2.24, 2.45) is 5.73 Å². The summed E-state index contributed by atoms with van der Waals surface area (Å²) >= 11 is 0. The number of alkyl halides is 3. The zero-order valence-corrected chi connectivity index (χ0v) is 9.06. The lowest BCUT2D eigenvalue weighted by Gasteiger charge is -2.10. The van der Waals surface area contributed by atoms with Crippen LogP contribution in [-0.4, -0.2) is 19.3 Å². The molecular weight excluding hydrogens is 238 g/mol. The molecule has 17 heavy (non-hydrogen) atoms. The molecule has 0 aliphatic carbocycles. The summed E-state index contributed by atoms with van der Waals surface area (Å²) in [7, 11) is 0. The fraction of sp³-hybridized carbons (Fsp3) is 0.455. The fourth-order valence-corrected chi connectivity index (χ4v) is 1.30. The van der Waals surface area contributed by atoms with Crippen molar-refractivity contribution < 1.29 is 22.3 Å². The van der Waals surface area contributed by atoms with Crippen LogP contribution in [0.2, 0.25) is 0 Å². The smallest absolute Gasteiger partial charge is 0.392 e. The van der Waals surface area contributed by atoms with Gasteiger partial charge in [-0.15, -0.1) is 0 Å². The summed E-state index contributed by atoms with van der Waals surface area (Å²) in [5, 5.41) is 0. The number of nitrogens with two attached hydrogens (primary N) is 1. The summed E-state index contributed by atoms with van der Waals surface area (Å²) in [5.41, 5.74) is 5.91. The van der Waals surface area contributed by atoms with Gasteiger partial charge in [-0.25, -0.2) is 4.39 Å². The van der Waals surface area contributed by atoms with E-state index >= 15 is 0 Å². The van der Waals surface area contributed by atoms with Gasteiger partial charge in [0.05, 0.1) is 13.0 Å². The van der Waals surface area contributed by atoms with E-state index < -0.39 is 25.0 Å². The topological polar surface area (TPSA) is 35.2 Å². The zero-order valence-electron chi connectivity index (χ0n) is 9.06. The Labute approximate surface area is 96.4 Å². The van der Waals surface area contributed by atoms with Crippen LogP contribution in [0, 0.1) is 5.82 Å². The summed E-state index contributed by atoms with van der Waals surface area (Å²) in [6.07, 6.45) is -4.88. The first-order chi connectivity index (χ1) is 7.90. The van der Waals surface area contributed by atoms with Gasteiger partial charge in [-0.05, 0) is 30.7 Å². The van der Waals surface area contributed by atoms with Crippen molar-refractivity contribution in [3.8, 4) is 5.75 Å². The van der Waals surface area contributed by atoms with E-state index in [0.29, 0.717) is 18.5 Å². The van der Waals surface area contributed by atoms with Gasteiger partial charge in [0.15, 0.2) is 0 Å². The van der Waals surface area contributed by atoms with Crippen LogP contribution in [0.1, 0.15) is 12.0 Å². The Kier molecular flexibility index (Phi) is 4.74. The number of hydrogen-bond acceptors (Lipinski definition) is 2. The van der Waals surface area contributed by atoms with Crippen LogP contribution >= 0.6 is 0 Å². The van der Waals surface area contributed by atoms with Crippen molar-refractivity contribution in [3.05, 3.63) is 29.6 Å². The van der Waals surface area contributed by atoms with Crippen molar-refractivity contribution in [3.63, 3.8) is 0 Å². The lowest BCUT2D eigenvalue weighted by atomic mass is 10.1. The molecule has 2 nitrogen and oxygen atoms in total. The molecule has 0 saturated heterocycles. The van der Waals surface area contributed by atoms with Crippen LogP contribution in [0.15, 0.2) is 18.2 Å². The zero-order chi connectivity index (χ0) is 12.9. The van der Waals surface area contributed by atoms with E-state index in [0.717, 1.165) is 6.07 Å². The van der Waals surface area contributed by atoms with Crippen LogP contribution in [0.3, 0.4) is 0 Å². The molecule has 6 heteroatoms. The first-order valence-electron chi connectivity index (χ1n) is 5.10. The molecule has 1 aromatic rings. The Morgan fingerprint density at radius 2 is 1.88 bits per heavy atom. The van der Waals surface area contributed by atoms with Crippen LogP contribution in [0.25, 0.3) is 0 Å². The third-order valence-corrected chi connectivity index (χ3v) is 2.02. The number of benzene rings is 1. The predicted molar refractivity (Wildman–Crippen MR) is 55.3 cm³/mol. The van der Waals surface area contributed by atoms with E-state index in [1.165, 1.54) is 12.1 Å². The van der Waals surface area contributed by atoms with Crippen molar-refractivity contribution in [1.82, 2.24) is 0 Å². The van der Waals surface area contributed by atoms with E-state index in [1.54, 1.807) is 0 Å². The largest absolute Gasteiger partial charge is 0.493 e. The normalized spacial score (nSPS) is 11.6. The highest BCUT2D eigenvalue weighted by molar-refractivity contribution is 5.29. The van der Waals surface area contributed by atoms with Gasteiger partial charge in [0, 0.05) is 6.07 Å². The number of ether oxygens (including phenoxy) is 1. The molecule has 0 saturated carbocycles. The highest BCUT2D eigenvalue weighted by Crippen LogP contribution is 2.21. The second kappa shape index (κ2) is 5.86. The Morgan fingerprint density at radius 1 is 1.18 bits per heavy atom. The molecule has 0 aromatic heterocycles. The molecular formula is C11H13F4NO. The second-order valence-electron chi connectivity index (χ2n) is 3.55. The molecule has 0 heterocycles. The van der Waals surface area contributed by atoms with Gasteiger partial charge in [-0.3, -0.25) is 0 Å². The van der Waals surface area contributed by atoms with Crippen LogP contribution in [0.4, 0.5) is 17.6 Å². The molecule has 0 unspecified atom stereocenters. The van der Waals surface area contributed by atoms with Crippen molar-refractivity contribution in [2.45, 2.75) is 19.0 Å². The van der Waals surface area contributed by atoms with E-state index in [9.17, 15) is 17.6 Å². The minimum Gasteiger partial charge on any atom is -0.493 e. The molecule has 0 bridgehead atoms. The maximum absolute atomic E-state index is 13.1. The van der Waals surface area contributed by atoms with Crippen LogP contribution in [-0.2, 0) is 6.42 Å². The lowest BCUT2D eigenvalue weighted by molar-refractivity contribution is -0.139. The molecule has 0 amide bonds. The minimum absolute atomic E-state index is 0.0951. The molecule has 0 fully saturated rings. The Bertz CT molecular complexity index is 365. The number of rotatable bonds is 5. The highest BCUT2D eigenvalue weighted by Gasteiger charge is 2.26. The second-order valence-corrected chi connectivity index (χ2v) is 3.55. The molecule has 0 aliphatic heterocycles. The Balaban J connectivity index is 2.58. The van der Waals surface area contributed by atoms with Gasteiger partial charge in [0.2, 0.25) is 0 Å². The SMILES string of the molecule is NCCc1cc(F)cc(OCCC(F)(F)F)c1. The molecule has 0 spiro atoms. The summed E-state index contributed by atoms with van der Waals surface area (Å²) in [6, 6.07) is 3.83. The first-order valence-corrected chi connectivity index (χ1v) is 5.10. The van der Waals surface area contributed by atoms with E-state index in [1.807, 2.05) is 0 Å². The lowest BCUT2D eigenvalue weighted by Crippen LogP contribution is -2.13. The molecule has 1 aromatic carbocycles. The Morgan fingerprint density at radius 3 is 2.47 bits per heavy atom. The summed E-state index contributed by atoms with van der Waals surface area (Å²) < 4.78 is 53.5. The van der Waals surface area contributed by atoms with Gasteiger partial charge in [-0.1, -0.05) is 0 Å². The maximum atomic E-state index is 13.1. The first kappa shape index (κ1) is 13.8. The summed E-state index contributed by atoms with van der Waals surface area (Å²) in [4.78, 5) is 0. The van der Waals surface area contributed by atoms with E-state index in [4.69, 9.17) is 10.5 Å². The molecule has 0 aliphatic rings. The molecule has 2 N–H and O–H groups in total. The summed E-state index contributed by atoms with van der Waals surface area (Å²) in [5.74, 6) is -0.448. The maximum Gasteiger partial charge on any atom is 0.392 e. The van der Waals surface area contributed by atoms with Crippen LogP contribution in [0.5, 0.6) is 5.75 Å². The van der Waals surface area contributed by atoms with Crippen LogP contribution < -0.4 is 10.5 Å². The minimum atomic E-state index is -4.27. The fourth-order valence-electron chi connectivity index (χ4n) is 1.30. The van der Waals surface area contributed by atoms with E-state index in [2.05, 4.69) is 0 Å². The highest BCUT2D eigenvalue weighted by atomic mass is 19.4. The van der Waals surface area contributed by atoms with E-state index in [-0.39, 0.29) is 5.75 Å². The van der Waals surface area contributed by atoms with Gasteiger partial charge in [-0.2, -0.15) is 13.2 Å². The number of hydrogen-bond donors (Lipinski definition) is 1. The third kappa shape index (κ3) is 5.53. The Hall–Kier alpha value is -1.30. The average molecular weight is 251 g/mol. The average Bonchev–Trinajstić information content (AvgIpc) is 2.15. The molecule has 96 valence electrons. The standard InChI is InChI=1S/C11H13F4NO/c12-9-5-8(1-3-16)6-10(7-9)17-4-2-11(13,14)15/h5-7H,1-4,16H2.